The van der Waals surface area contributed by atoms with Crippen molar-refractivity contribution in [3.05, 3.63) is 58.7 Å². The van der Waals surface area contributed by atoms with Crippen molar-refractivity contribution in [2.75, 3.05) is 12.9 Å². The second-order valence-corrected chi connectivity index (χ2v) is 9.90. The monoisotopic (exact) mass is 428 g/mol. The molecule has 0 atom stereocenters. The molecule has 27 heavy (non-hydrogen) atoms. The molecule has 0 amide bonds. The molecule has 0 aliphatic rings. The van der Waals surface area contributed by atoms with Gasteiger partial charge in [-0.05, 0) is 43.2 Å². The van der Waals surface area contributed by atoms with E-state index in [0.29, 0.717) is 21.5 Å². The molecule has 0 bridgehead atoms. The lowest BCUT2D eigenvalue weighted by Gasteiger charge is -2.09. The zero-order valence-corrected chi connectivity index (χ0v) is 17.0. The molecule has 0 aliphatic carbocycles. The molecule has 0 saturated heterocycles. The fourth-order valence-electron chi connectivity index (χ4n) is 2.56. The molecule has 0 saturated carbocycles. The van der Waals surface area contributed by atoms with Gasteiger partial charge in [0.05, 0.1) is 29.5 Å². The summed E-state index contributed by atoms with van der Waals surface area (Å²) in [6.45, 7) is 1.77. The maximum Gasteiger partial charge on any atom is 0.283 e. The Morgan fingerprint density at radius 2 is 1.78 bits per heavy atom. The Hall–Kier alpha value is -1.94. The van der Waals surface area contributed by atoms with E-state index < -0.39 is 20.1 Å². The van der Waals surface area contributed by atoms with Gasteiger partial charge in [-0.1, -0.05) is 29.3 Å². The van der Waals surface area contributed by atoms with Crippen LogP contribution in [0.4, 0.5) is 0 Å². The Bertz CT molecular complexity index is 1200. The molecule has 0 radical (unpaired) electrons. The van der Waals surface area contributed by atoms with Gasteiger partial charge < -0.3 is 0 Å². The highest BCUT2D eigenvalue weighted by molar-refractivity contribution is 7.90. The Balaban J connectivity index is 2.02. The lowest BCUT2D eigenvalue weighted by Crippen LogP contribution is -2.14. The van der Waals surface area contributed by atoms with E-state index >= 15 is 0 Å². The van der Waals surface area contributed by atoms with Crippen molar-refractivity contribution in [2.45, 2.75) is 18.2 Å². The van der Waals surface area contributed by atoms with Crippen LogP contribution in [0.1, 0.15) is 11.1 Å². The first-order chi connectivity index (χ1) is 12.6. The number of nitrogens with zero attached hydrogens (tertiary/aromatic N) is 2. The number of fused-ring (bicyclic) bond motifs is 1. The number of aryl methyl sites for hydroxylation is 1. The van der Waals surface area contributed by atoms with Crippen molar-refractivity contribution >= 4 is 42.6 Å². The number of halogens is 1. The number of rotatable bonds is 6. The minimum Gasteiger partial charge on any atom is -0.270 e. The van der Waals surface area contributed by atoms with Gasteiger partial charge in [0.25, 0.3) is 20.1 Å². The highest BCUT2D eigenvalue weighted by Gasteiger charge is 2.21. The first kappa shape index (κ1) is 19.8. The third-order valence-corrected chi connectivity index (χ3v) is 6.48. The highest BCUT2D eigenvalue weighted by Crippen LogP contribution is 2.27. The Morgan fingerprint density at radius 1 is 1.11 bits per heavy atom. The minimum atomic E-state index is -3.88. The van der Waals surface area contributed by atoms with Crippen LogP contribution in [0, 0.1) is 6.92 Å². The van der Waals surface area contributed by atoms with Gasteiger partial charge in [0.1, 0.15) is 0 Å². The summed E-state index contributed by atoms with van der Waals surface area (Å²) in [5.41, 5.74) is 1.86. The number of benzene rings is 2. The summed E-state index contributed by atoms with van der Waals surface area (Å²) in [5.74, 6) is 0. The average Bonchev–Trinajstić information content (AvgIpc) is 2.97. The summed E-state index contributed by atoms with van der Waals surface area (Å²) in [4.78, 5) is 0.120. The molecule has 1 aromatic heterocycles. The van der Waals surface area contributed by atoms with Gasteiger partial charge in [0.2, 0.25) is 0 Å². The lowest BCUT2D eigenvalue weighted by molar-refractivity contribution is 0.326. The Labute approximate surface area is 162 Å². The molecule has 0 unspecified atom stereocenters. The summed E-state index contributed by atoms with van der Waals surface area (Å²) in [7, 11) is -7.44. The Morgan fingerprint density at radius 3 is 2.41 bits per heavy atom. The van der Waals surface area contributed by atoms with E-state index in [4.69, 9.17) is 15.8 Å². The second-order valence-electron chi connectivity index (χ2n) is 6.08. The van der Waals surface area contributed by atoms with Crippen LogP contribution < -0.4 is 0 Å². The molecule has 0 N–H and O–H groups in total. The summed E-state index contributed by atoms with van der Waals surface area (Å²) >= 11 is 6.22. The molecule has 10 heteroatoms. The second kappa shape index (κ2) is 7.23. The van der Waals surface area contributed by atoms with Crippen LogP contribution in [0.5, 0.6) is 0 Å². The van der Waals surface area contributed by atoms with Gasteiger partial charge in [-0.2, -0.15) is 26.0 Å². The van der Waals surface area contributed by atoms with Gasteiger partial charge in [-0.3, -0.25) is 4.18 Å². The quantitative estimate of drug-likeness (QED) is 0.560. The largest absolute Gasteiger partial charge is 0.283 e. The van der Waals surface area contributed by atoms with Gasteiger partial charge >= 0.3 is 0 Å². The predicted molar refractivity (Wildman–Crippen MR) is 103 cm³/mol. The molecule has 3 aromatic rings. The zero-order valence-electron chi connectivity index (χ0n) is 14.6. The van der Waals surface area contributed by atoms with Crippen molar-refractivity contribution in [3.63, 3.8) is 0 Å². The van der Waals surface area contributed by atoms with Crippen LogP contribution in [0.15, 0.2) is 47.5 Å². The van der Waals surface area contributed by atoms with Gasteiger partial charge in [0.15, 0.2) is 0 Å². The standard InChI is InChI=1S/C17H17ClN2O5S2/c1-12-3-5-15(6-4-12)27(23,24)20-17-10-13(7-8-25-26(2,21)22)16(18)9-14(17)11-19-20/h3-6,9-11H,7-8H2,1-2H3. The van der Waals surface area contributed by atoms with Crippen molar-refractivity contribution in [2.24, 2.45) is 0 Å². The summed E-state index contributed by atoms with van der Waals surface area (Å²) in [5, 5.41) is 4.95. The number of aromatic nitrogens is 2. The van der Waals surface area contributed by atoms with E-state index in [-0.39, 0.29) is 17.9 Å². The maximum atomic E-state index is 12.9. The lowest BCUT2D eigenvalue weighted by atomic mass is 10.1. The average molecular weight is 429 g/mol. The maximum absolute atomic E-state index is 12.9. The van der Waals surface area contributed by atoms with Crippen molar-refractivity contribution in [1.29, 1.82) is 0 Å². The third-order valence-electron chi connectivity index (χ3n) is 3.92. The van der Waals surface area contributed by atoms with Crippen molar-refractivity contribution < 1.29 is 21.0 Å². The molecule has 0 spiro atoms. The SMILES string of the molecule is Cc1ccc(S(=O)(=O)n2ncc3cc(Cl)c(CCOS(C)(=O)=O)cc32)cc1. The van der Waals surface area contributed by atoms with E-state index in [1.807, 2.05) is 6.92 Å². The van der Waals surface area contributed by atoms with E-state index in [0.717, 1.165) is 15.9 Å². The van der Waals surface area contributed by atoms with E-state index in [2.05, 4.69) is 5.10 Å². The van der Waals surface area contributed by atoms with Crippen molar-refractivity contribution in [3.8, 4) is 0 Å². The third kappa shape index (κ3) is 4.32. The number of hydrogen-bond acceptors (Lipinski definition) is 6. The summed E-state index contributed by atoms with van der Waals surface area (Å²) in [6, 6.07) is 9.65. The molecule has 2 aromatic carbocycles. The van der Waals surface area contributed by atoms with Crippen LogP contribution in [0.3, 0.4) is 0 Å². The number of hydrogen-bond donors (Lipinski definition) is 0. The van der Waals surface area contributed by atoms with Gasteiger partial charge in [-0.25, -0.2) is 0 Å². The van der Waals surface area contributed by atoms with E-state index in [1.165, 1.54) is 18.3 Å². The molecular weight excluding hydrogens is 412 g/mol. The van der Waals surface area contributed by atoms with Crippen molar-refractivity contribution in [1.82, 2.24) is 9.19 Å². The topological polar surface area (TPSA) is 95.3 Å². The first-order valence-corrected chi connectivity index (χ1v) is 11.5. The molecule has 7 nitrogen and oxygen atoms in total. The normalized spacial score (nSPS) is 12.6. The van der Waals surface area contributed by atoms with E-state index in [9.17, 15) is 16.8 Å². The predicted octanol–water partition coefficient (Wildman–Crippen LogP) is 2.75. The molecule has 144 valence electrons. The molecule has 1 heterocycles. The van der Waals surface area contributed by atoms with E-state index in [1.54, 1.807) is 24.3 Å². The smallest absolute Gasteiger partial charge is 0.270 e. The fourth-order valence-corrected chi connectivity index (χ4v) is 4.48. The van der Waals surface area contributed by atoms with Crippen LogP contribution in [-0.2, 0) is 30.7 Å². The zero-order chi connectivity index (χ0) is 19.8. The van der Waals surface area contributed by atoms with Gasteiger partial charge in [0, 0.05) is 10.4 Å². The minimum absolute atomic E-state index is 0.0943. The van der Waals surface area contributed by atoms with Gasteiger partial charge in [-0.15, -0.1) is 0 Å². The first-order valence-electron chi connectivity index (χ1n) is 7.91. The van der Waals surface area contributed by atoms with Crippen LogP contribution >= 0.6 is 11.6 Å². The summed E-state index contributed by atoms with van der Waals surface area (Å²) < 4.78 is 53.7. The fraction of sp³-hybridized carbons (Fsp3) is 0.235. The van der Waals surface area contributed by atoms with Crippen LogP contribution in [-0.4, -0.2) is 38.9 Å². The molecule has 0 fully saturated rings. The molecular formula is C17H17ClN2O5S2. The van der Waals surface area contributed by atoms with Crippen LogP contribution in [0.2, 0.25) is 5.02 Å². The molecule has 0 aliphatic heterocycles. The highest BCUT2D eigenvalue weighted by atomic mass is 35.5. The molecule has 3 rings (SSSR count). The Kier molecular flexibility index (Phi) is 5.31. The van der Waals surface area contributed by atoms with Crippen LogP contribution in [0.25, 0.3) is 10.9 Å². The summed E-state index contributed by atoms with van der Waals surface area (Å²) in [6.07, 6.45) is 2.59.